The first-order valence-corrected chi connectivity index (χ1v) is 6.25. The third-order valence-electron chi connectivity index (χ3n) is 2.86. The van der Waals surface area contributed by atoms with Crippen molar-refractivity contribution in [1.82, 2.24) is 0 Å². The van der Waals surface area contributed by atoms with Crippen LogP contribution < -0.4 is 10.5 Å². The van der Waals surface area contributed by atoms with Crippen molar-refractivity contribution in [3.8, 4) is 5.75 Å². The zero-order valence-electron chi connectivity index (χ0n) is 10.5. The second-order valence-corrected chi connectivity index (χ2v) is 4.66. The van der Waals surface area contributed by atoms with Gasteiger partial charge >= 0.3 is 0 Å². The number of ether oxygens (including phenoxy) is 1. The Balaban J connectivity index is 2.12. The lowest BCUT2D eigenvalue weighted by molar-refractivity contribution is 0.289. The molecule has 0 amide bonds. The molecule has 2 nitrogen and oxygen atoms in total. The van der Waals surface area contributed by atoms with Crippen molar-refractivity contribution in [3.63, 3.8) is 0 Å². The minimum atomic E-state index is -0.459. The van der Waals surface area contributed by atoms with Crippen LogP contribution in [-0.2, 0) is 6.61 Å². The van der Waals surface area contributed by atoms with Gasteiger partial charge in [-0.05, 0) is 36.2 Å². The molecule has 0 fully saturated rings. The summed E-state index contributed by atoms with van der Waals surface area (Å²) < 4.78 is 19.3. The molecule has 19 heavy (non-hydrogen) atoms. The Morgan fingerprint density at radius 2 is 2.00 bits per heavy atom. The van der Waals surface area contributed by atoms with Gasteiger partial charge in [-0.1, -0.05) is 36.5 Å². The van der Waals surface area contributed by atoms with Gasteiger partial charge in [0, 0.05) is 5.56 Å². The minimum Gasteiger partial charge on any atom is -0.486 e. The topological polar surface area (TPSA) is 35.2 Å². The van der Waals surface area contributed by atoms with E-state index >= 15 is 0 Å². The van der Waals surface area contributed by atoms with Crippen LogP contribution in [0.3, 0.4) is 0 Å². The first kappa shape index (κ1) is 13.5. The Hall–Kier alpha value is -1.94. The number of hydrogen-bond acceptors (Lipinski definition) is 2. The summed E-state index contributed by atoms with van der Waals surface area (Å²) in [5, 5.41) is 0. The van der Waals surface area contributed by atoms with E-state index in [1.54, 1.807) is 12.1 Å². The van der Waals surface area contributed by atoms with E-state index in [1.165, 1.54) is 6.07 Å². The smallest absolute Gasteiger partial charge is 0.165 e. The Labute approximate surface area is 117 Å². The van der Waals surface area contributed by atoms with Crippen molar-refractivity contribution >= 4 is 17.2 Å². The van der Waals surface area contributed by atoms with Crippen LogP contribution in [-0.4, -0.2) is 4.99 Å². The molecule has 2 N–H and O–H groups in total. The summed E-state index contributed by atoms with van der Waals surface area (Å²) >= 11 is 4.79. The van der Waals surface area contributed by atoms with Crippen molar-refractivity contribution in [3.05, 3.63) is 65.0 Å². The Kier molecular flexibility index (Phi) is 4.12. The zero-order chi connectivity index (χ0) is 13.8. The summed E-state index contributed by atoms with van der Waals surface area (Å²) in [5.74, 6) is -0.262. The van der Waals surface area contributed by atoms with Gasteiger partial charge in [0.1, 0.15) is 11.6 Å². The molecule has 0 aliphatic carbocycles. The number of rotatable bonds is 4. The monoisotopic (exact) mass is 275 g/mol. The molecule has 0 atom stereocenters. The highest BCUT2D eigenvalue weighted by atomic mass is 32.1. The van der Waals surface area contributed by atoms with Gasteiger partial charge in [0.2, 0.25) is 0 Å². The largest absolute Gasteiger partial charge is 0.486 e. The van der Waals surface area contributed by atoms with Crippen LogP contribution in [0.5, 0.6) is 5.75 Å². The maximum Gasteiger partial charge on any atom is 0.165 e. The Morgan fingerprint density at radius 1 is 1.26 bits per heavy atom. The molecular formula is C15H14FNOS. The van der Waals surface area contributed by atoms with E-state index < -0.39 is 5.82 Å². The van der Waals surface area contributed by atoms with Crippen molar-refractivity contribution in [1.29, 1.82) is 0 Å². The number of thiocarbonyl (C=S) groups is 1. The maximum absolute atomic E-state index is 13.8. The average molecular weight is 275 g/mol. The number of aryl methyl sites for hydroxylation is 1. The second-order valence-electron chi connectivity index (χ2n) is 4.22. The molecule has 2 rings (SSSR count). The van der Waals surface area contributed by atoms with Gasteiger partial charge in [-0.3, -0.25) is 0 Å². The highest BCUT2D eigenvalue weighted by Crippen LogP contribution is 2.20. The molecule has 0 saturated carbocycles. The fourth-order valence-corrected chi connectivity index (χ4v) is 1.83. The Morgan fingerprint density at radius 3 is 2.63 bits per heavy atom. The molecule has 0 saturated heterocycles. The molecule has 0 aliphatic heterocycles. The molecule has 4 heteroatoms. The minimum absolute atomic E-state index is 0.171. The molecule has 0 unspecified atom stereocenters. The lowest BCUT2D eigenvalue weighted by atomic mass is 10.1. The highest BCUT2D eigenvalue weighted by Gasteiger charge is 2.07. The summed E-state index contributed by atoms with van der Waals surface area (Å²) in [6.45, 7) is 2.32. The molecule has 98 valence electrons. The van der Waals surface area contributed by atoms with Gasteiger partial charge in [0.05, 0.1) is 0 Å². The Bertz CT molecular complexity index is 613. The van der Waals surface area contributed by atoms with Crippen molar-refractivity contribution in [2.75, 3.05) is 0 Å². The lowest BCUT2D eigenvalue weighted by Gasteiger charge is -2.10. The number of hydrogen-bond donors (Lipinski definition) is 1. The molecule has 0 spiro atoms. The standard InChI is InChI=1S/C15H14FNOS/c1-10-4-2-3-5-12(10)9-18-14-7-6-11(15(17)19)8-13(14)16/h2-8H,9H2,1H3,(H2,17,19). The fraction of sp³-hybridized carbons (Fsp3) is 0.133. The molecular weight excluding hydrogens is 261 g/mol. The van der Waals surface area contributed by atoms with E-state index in [0.29, 0.717) is 12.2 Å². The summed E-state index contributed by atoms with van der Waals surface area (Å²) in [7, 11) is 0. The van der Waals surface area contributed by atoms with Crippen LogP contribution in [0, 0.1) is 12.7 Å². The van der Waals surface area contributed by atoms with E-state index in [2.05, 4.69) is 0 Å². The zero-order valence-corrected chi connectivity index (χ0v) is 11.3. The van der Waals surface area contributed by atoms with Crippen molar-refractivity contribution in [2.45, 2.75) is 13.5 Å². The molecule has 0 aromatic heterocycles. The lowest BCUT2D eigenvalue weighted by Crippen LogP contribution is -2.09. The van der Waals surface area contributed by atoms with E-state index in [-0.39, 0.29) is 10.7 Å². The highest BCUT2D eigenvalue weighted by molar-refractivity contribution is 7.80. The molecule has 0 heterocycles. The van der Waals surface area contributed by atoms with Crippen LogP contribution in [0.1, 0.15) is 16.7 Å². The average Bonchev–Trinajstić information content (AvgIpc) is 2.39. The second kappa shape index (κ2) is 5.80. The maximum atomic E-state index is 13.8. The van der Waals surface area contributed by atoms with Gasteiger partial charge in [-0.15, -0.1) is 0 Å². The van der Waals surface area contributed by atoms with E-state index in [1.807, 2.05) is 31.2 Å². The number of halogens is 1. The summed E-state index contributed by atoms with van der Waals surface area (Å²) in [5.41, 5.74) is 8.08. The fourth-order valence-electron chi connectivity index (χ4n) is 1.70. The third-order valence-corrected chi connectivity index (χ3v) is 3.10. The molecule has 0 bridgehead atoms. The third kappa shape index (κ3) is 3.29. The van der Waals surface area contributed by atoms with Crippen LogP contribution in [0.4, 0.5) is 4.39 Å². The van der Waals surface area contributed by atoms with Crippen LogP contribution in [0.2, 0.25) is 0 Å². The number of nitrogens with two attached hydrogens (primary N) is 1. The van der Waals surface area contributed by atoms with Crippen LogP contribution in [0.25, 0.3) is 0 Å². The summed E-state index contributed by atoms with van der Waals surface area (Å²) in [6, 6.07) is 12.3. The van der Waals surface area contributed by atoms with E-state index in [0.717, 1.165) is 11.1 Å². The molecule has 0 aliphatic rings. The molecule has 2 aromatic carbocycles. The van der Waals surface area contributed by atoms with Gasteiger partial charge in [0.15, 0.2) is 11.6 Å². The number of benzene rings is 2. The first-order chi connectivity index (χ1) is 9.08. The quantitative estimate of drug-likeness (QED) is 0.869. The van der Waals surface area contributed by atoms with Gasteiger partial charge in [-0.25, -0.2) is 4.39 Å². The predicted octanol–water partition coefficient (Wildman–Crippen LogP) is 3.35. The van der Waals surface area contributed by atoms with E-state index in [4.69, 9.17) is 22.7 Å². The molecule has 0 radical (unpaired) electrons. The summed E-state index contributed by atoms with van der Waals surface area (Å²) in [4.78, 5) is 0.171. The van der Waals surface area contributed by atoms with E-state index in [9.17, 15) is 4.39 Å². The first-order valence-electron chi connectivity index (χ1n) is 5.84. The van der Waals surface area contributed by atoms with Crippen molar-refractivity contribution in [2.24, 2.45) is 5.73 Å². The van der Waals surface area contributed by atoms with Crippen molar-refractivity contribution < 1.29 is 9.13 Å². The normalized spacial score (nSPS) is 10.2. The van der Waals surface area contributed by atoms with Crippen LogP contribution in [0.15, 0.2) is 42.5 Å². The molecule has 2 aromatic rings. The SMILES string of the molecule is Cc1ccccc1COc1ccc(C(N)=S)cc1F. The summed E-state index contributed by atoms with van der Waals surface area (Å²) in [6.07, 6.45) is 0. The van der Waals surface area contributed by atoms with Gasteiger partial charge in [0.25, 0.3) is 0 Å². The van der Waals surface area contributed by atoms with Gasteiger partial charge in [-0.2, -0.15) is 0 Å². The predicted molar refractivity (Wildman–Crippen MR) is 77.8 cm³/mol. The van der Waals surface area contributed by atoms with Gasteiger partial charge < -0.3 is 10.5 Å². The van der Waals surface area contributed by atoms with Crippen LogP contribution >= 0.6 is 12.2 Å².